The second kappa shape index (κ2) is 9.89. The first-order valence-electron chi connectivity index (χ1n) is 9.95. The molecule has 0 unspecified atom stereocenters. The summed E-state index contributed by atoms with van der Waals surface area (Å²) in [7, 11) is 0. The van der Waals surface area contributed by atoms with E-state index in [0.717, 1.165) is 11.1 Å². The molecule has 0 saturated carbocycles. The zero-order valence-corrected chi connectivity index (χ0v) is 31.6. The van der Waals surface area contributed by atoms with Crippen molar-refractivity contribution < 1.29 is 136 Å². The molecule has 4 radical (unpaired) electrons. The Hall–Kier alpha value is 2.14. The Bertz CT molecular complexity index is 1190. The molecule has 0 aliphatic heterocycles. The molecule has 1 nitrogen and oxygen atoms in total. The molecule has 3 aliphatic carbocycles. The van der Waals surface area contributed by atoms with Crippen molar-refractivity contribution >= 4 is 27.7 Å². The van der Waals surface area contributed by atoms with Gasteiger partial charge in [-0.2, -0.15) is 11.5 Å². The number of rotatable bonds is 0. The van der Waals surface area contributed by atoms with Crippen molar-refractivity contribution in [3.05, 3.63) is 61.6 Å². The van der Waals surface area contributed by atoms with Gasteiger partial charge >= 0.3 is 0 Å². The first-order valence-corrected chi connectivity index (χ1v) is 9.95. The molecule has 5 heteroatoms. The fourth-order valence-corrected chi connectivity index (χ4v) is 6.13. The zero-order chi connectivity index (χ0) is 19.7. The van der Waals surface area contributed by atoms with Gasteiger partial charge < -0.3 is 0 Å². The Morgan fingerprint density at radius 3 is 1.52 bits per heavy atom. The topological polar surface area (TPSA) is 17.1 Å². The summed E-state index contributed by atoms with van der Waals surface area (Å²) in [4.78, 5) is 12.8. The minimum absolute atomic E-state index is 0. The van der Waals surface area contributed by atoms with E-state index in [1.807, 2.05) is 13.8 Å². The van der Waals surface area contributed by atoms with E-state index in [4.69, 9.17) is 0 Å². The minimum atomic E-state index is 0. The molecule has 0 N–H and O–H groups in total. The fraction of sp³-hybridized carbons (Fsp3) is 0.385. The Morgan fingerprint density at radius 2 is 1.06 bits per heavy atom. The Balaban J connectivity index is 0.00000120. The van der Waals surface area contributed by atoms with E-state index in [1.165, 1.54) is 72.3 Å². The molecule has 2 aromatic rings. The number of hydrogen-bond donors (Lipinski definition) is 0. The number of ketones is 1. The first kappa shape index (κ1) is 31.2. The van der Waals surface area contributed by atoms with Crippen molar-refractivity contribution in [2.75, 3.05) is 0 Å². The van der Waals surface area contributed by atoms with Gasteiger partial charge in [-0.3, -0.25) is 4.79 Å². The molecule has 0 fully saturated rings. The summed E-state index contributed by atoms with van der Waals surface area (Å²) in [5, 5.41) is 2.86. The van der Waals surface area contributed by atoms with Crippen molar-refractivity contribution in [2.24, 2.45) is 0 Å². The van der Waals surface area contributed by atoms with Crippen molar-refractivity contribution in [3.63, 3.8) is 0 Å². The largest absolute Gasteiger partial charge is 0.289 e. The van der Waals surface area contributed by atoms with Crippen LogP contribution in [0, 0.1) is 33.6 Å². The van der Waals surface area contributed by atoms with Gasteiger partial charge in [-0.05, 0) is 60.9 Å². The number of carbonyl (C=O) groups is 1. The normalized spacial score (nSPS) is 16.8. The molecular formula is C26H27OY4-. The van der Waals surface area contributed by atoms with Gasteiger partial charge in [0.15, 0.2) is 5.78 Å². The quantitative estimate of drug-likeness (QED) is 0.288. The number of carbonyl (C=O) groups excluding carboxylic acids is 1. The first-order chi connectivity index (χ1) is 12.5. The predicted molar refractivity (Wildman–Crippen MR) is 114 cm³/mol. The summed E-state index contributed by atoms with van der Waals surface area (Å²) < 4.78 is 0. The van der Waals surface area contributed by atoms with Gasteiger partial charge in [0.2, 0.25) is 0 Å². The molecule has 5 rings (SSSR count). The Labute approximate surface area is 287 Å². The third kappa shape index (κ3) is 3.59. The molecule has 0 atom stereocenters. The third-order valence-corrected chi connectivity index (χ3v) is 7.99. The average molecular weight is 711 g/mol. The second-order valence-corrected chi connectivity index (χ2v) is 9.33. The monoisotopic (exact) mass is 711 g/mol. The molecule has 0 heterocycles. The van der Waals surface area contributed by atoms with E-state index in [9.17, 15) is 4.79 Å². The second-order valence-electron chi connectivity index (χ2n) is 9.33. The van der Waals surface area contributed by atoms with E-state index in [-0.39, 0.29) is 142 Å². The van der Waals surface area contributed by atoms with Crippen LogP contribution in [0.25, 0.3) is 21.9 Å². The van der Waals surface area contributed by atoms with Gasteiger partial charge in [-0.15, -0.1) is 10.9 Å². The summed E-state index contributed by atoms with van der Waals surface area (Å²) in [6, 6.07) is 0. The SMILES string of the molecule is CC1=C2C(=C(C)C1=O)c1c(C)c(C)c3c4c(c(C)c(C)c2c14)[C-](C)C3(C)C.[Y].[Y].[Y].[Y]. The van der Waals surface area contributed by atoms with E-state index in [2.05, 4.69) is 48.5 Å². The molecule has 2 aromatic carbocycles. The van der Waals surface area contributed by atoms with Crippen LogP contribution < -0.4 is 0 Å². The molecule has 31 heavy (non-hydrogen) atoms. The van der Waals surface area contributed by atoms with Crippen LogP contribution in [0.3, 0.4) is 0 Å². The molecular weight excluding hydrogens is 684 g/mol. The molecule has 0 amide bonds. The van der Waals surface area contributed by atoms with Gasteiger partial charge in [0.25, 0.3) is 0 Å². The summed E-state index contributed by atoms with van der Waals surface area (Å²) in [5.41, 5.74) is 15.4. The van der Waals surface area contributed by atoms with Crippen molar-refractivity contribution in [3.8, 4) is 0 Å². The number of hydrogen-bond acceptors (Lipinski definition) is 1. The summed E-state index contributed by atoms with van der Waals surface area (Å²) in [5.74, 6) is 1.70. The predicted octanol–water partition coefficient (Wildman–Crippen LogP) is 6.44. The molecule has 150 valence electrons. The number of Topliss-reactive ketones (excluding diaryl/α,β-unsaturated/α-hetero) is 1. The van der Waals surface area contributed by atoms with Gasteiger partial charge in [-0.25, -0.2) is 0 Å². The smallest absolute Gasteiger partial charge is 0.185 e. The number of benzene rings is 2. The van der Waals surface area contributed by atoms with Crippen molar-refractivity contribution in [2.45, 2.75) is 67.7 Å². The summed E-state index contributed by atoms with van der Waals surface area (Å²) in [6.45, 7) is 20.1. The van der Waals surface area contributed by atoms with Crippen LogP contribution in [-0.4, -0.2) is 5.78 Å². The zero-order valence-electron chi connectivity index (χ0n) is 20.2. The van der Waals surface area contributed by atoms with E-state index < -0.39 is 0 Å². The average Bonchev–Trinajstić information content (AvgIpc) is 3.14. The standard InChI is InChI=1S/C26H27O.4Y/c1-10-11(2)18-20-14(5)25(27)15(6)21(20)19-12(3)13(4)24-23(22(18)19)17(10)16(7)26(24,8)9;;;;/h1-9H3;;;;/q-1;;;;. The number of allylic oxidation sites excluding steroid dienone is 4. The van der Waals surface area contributed by atoms with Crippen LogP contribution in [0.2, 0.25) is 0 Å². The van der Waals surface area contributed by atoms with Crippen LogP contribution in [0.4, 0.5) is 0 Å². The van der Waals surface area contributed by atoms with Crippen molar-refractivity contribution in [1.82, 2.24) is 0 Å². The van der Waals surface area contributed by atoms with Gasteiger partial charge in [0.1, 0.15) is 0 Å². The minimum Gasteiger partial charge on any atom is -0.289 e. The molecule has 0 bridgehead atoms. The fourth-order valence-electron chi connectivity index (χ4n) is 6.13. The summed E-state index contributed by atoms with van der Waals surface area (Å²) >= 11 is 0. The number of fused-ring (bicyclic) bond motifs is 3. The van der Waals surface area contributed by atoms with Gasteiger partial charge in [0.05, 0.1) is 0 Å². The molecule has 0 saturated heterocycles. The van der Waals surface area contributed by atoms with Crippen LogP contribution in [0.15, 0.2) is 11.1 Å². The Morgan fingerprint density at radius 1 is 0.645 bits per heavy atom. The van der Waals surface area contributed by atoms with Crippen LogP contribution >= 0.6 is 0 Å². The Kier molecular flexibility index (Phi) is 9.94. The molecule has 0 spiro atoms. The maximum Gasteiger partial charge on any atom is 0.185 e. The van der Waals surface area contributed by atoms with Gasteiger partial charge in [-0.1, -0.05) is 56.7 Å². The maximum atomic E-state index is 12.8. The van der Waals surface area contributed by atoms with E-state index in [1.54, 1.807) is 0 Å². The maximum absolute atomic E-state index is 12.8. The summed E-state index contributed by atoms with van der Waals surface area (Å²) in [6.07, 6.45) is 0. The van der Waals surface area contributed by atoms with Crippen LogP contribution in [0.5, 0.6) is 0 Å². The van der Waals surface area contributed by atoms with Crippen molar-refractivity contribution in [1.29, 1.82) is 0 Å². The van der Waals surface area contributed by atoms with Gasteiger partial charge in [0, 0.05) is 142 Å². The third-order valence-electron chi connectivity index (χ3n) is 7.99. The molecule has 0 aromatic heterocycles. The van der Waals surface area contributed by atoms with Crippen LogP contribution in [-0.2, 0) is 141 Å². The molecule has 3 aliphatic rings. The van der Waals surface area contributed by atoms with E-state index >= 15 is 0 Å². The van der Waals surface area contributed by atoms with E-state index in [0.29, 0.717) is 0 Å². The van der Waals surface area contributed by atoms with Crippen LogP contribution in [0.1, 0.15) is 79.1 Å².